The number of aromatic nitrogens is 2. The normalized spacial score (nSPS) is 21.1. The Morgan fingerprint density at radius 2 is 2.11 bits per heavy atom. The average Bonchev–Trinajstić information content (AvgIpc) is 2.41. The van der Waals surface area contributed by atoms with E-state index >= 15 is 0 Å². The predicted octanol–water partition coefficient (Wildman–Crippen LogP) is 1.75. The van der Waals surface area contributed by atoms with Crippen LogP contribution in [0.3, 0.4) is 0 Å². The molecule has 2 heterocycles. The molecule has 0 unspecified atom stereocenters. The Hall–Kier alpha value is -1.00. The van der Waals surface area contributed by atoms with Gasteiger partial charge in [-0.15, -0.1) is 0 Å². The minimum Gasteiger partial charge on any atom is -0.311 e. The minimum absolute atomic E-state index is 0.704. The number of hydrogen-bond acceptors (Lipinski definition) is 4. The first-order valence-electron chi connectivity index (χ1n) is 7.02. The van der Waals surface area contributed by atoms with Crippen LogP contribution in [0.1, 0.15) is 37.6 Å². The Bertz CT molecular complexity index is 349. The highest BCUT2D eigenvalue weighted by Crippen LogP contribution is 2.15. The van der Waals surface area contributed by atoms with E-state index in [9.17, 15) is 0 Å². The van der Waals surface area contributed by atoms with Crippen LogP contribution in [0.2, 0.25) is 0 Å². The molecule has 1 aromatic rings. The number of rotatable bonds is 5. The maximum absolute atomic E-state index is 4.21. The van der Waals surface area contributed by atoms with Crippen molar-refractivity contribution in [2.45, 2.75) is 45.7 Å². The third kappa shape index (κ3) is 3.75. The van der Waals surface area contributed by atoms with Crippen LogP contribution in [-0.2, 0) is 6.54 Å². The number of aryl methyl sites for hydroxylation is 1. The summed E-state index contributed by atoms with van der Waals surface area (Å²) in [5.41, 5.74) is 1.17. The van der Waals surface area contributed by atoms with Crippen molar-refractivity contribution in [1.82, 2.24) is 20.2 Å². The smallest absolute Gasteiger partial charge is 0.125 e. The second-order valence-electron chi connectivity index (χ2n) is 5.05. The summed E-state index contributed by atoms with van der Waals surface area (Å²) < 4.78 is 0. The maximum Gasteiger partial charge on any atom is 0.125 e. The number of likely N-dealkylation sites (tertiary alicyclic amines) is 1. The van der Waals surface area contributed by atoms with E-state index in [-0.39, 0.29) is 0 Å². The predicted molar refractivity (Wildman–Crippen MR) is 73.4 cm³/mol. The summed E-state index contributed by atoms with van der Waals surface area (Å²) in [5.74, 6) is 0.836. The lowest BCUT2D eigenvalue weighted by Gasteiger charge is -2.35. The summed E-state index contributed by atoms with van der Waals surface area (Å²) in [6.45, 7) is 8.54. The van der Waals surface area contributed by atoms with Gasteiger partial charge in [-0.25, -0.2) is 9.97 Å². The number of hydrogen-bond donors (Lipinski definition) is 1. The molecule has 2 rings (SSSR count). The molecule has 0 amide bonds. The van der Waals surface area contributed by atoms with Crippen molar-refractivity contribution in [3.8, 4) is 0 Å². The second kappa shape index (κ2) is 6.81. The molecule has 0 radical (unpaired) electrons. The Morgan fingerprint density at radius 1 is 1.33 bits per heavy atom. The van der Waals surface area contributed by atoms with E-state index in [0.29, 0.717) is 6.04 Å². The van der Waals surface area contributed by atoms with Gasteiger partial charge in [0.1, 0.15) is 5.82 Å². The second-order valence-corrected chi connectivity index (χ2v) is 5.05. The van der Waals surface area contributed by atoms with Crippen molar-refractivity contribution in [1.29, 1.82) is 0 Å². The quantitative estimate of drug-likeness (QED) is 0.862. The van der Waals surface area contributed by atoms with Gasteiger partial charge in [-0.05, 0) is 32.9 Å². The number of nitrogens with zero attached hydrogens (tertiary/aromatic N) is 3. The number of piperidine rings is 1. The molecule has 1 saturated heterocycles. The molecule has 1 aliphatic rings. The number of likely N-dealkylation sites (N-methyl/N-ethyl adjacent to an activating group) is 1. The Balaban J connectivity index is 1.75. The molecule has 0 aromatic carbocycles. The van der Waals surface area contributed by atoms with Gasteiger partial charge in [0.15, 0.2) is 0 Å². The highest BCUT2D eigenvalue weighted by atomic mass is 15.2. The Labute approximate surface area is 110 Å². The summed E-state index contributed by atoms with van der Waals surface area (Å²) in [5, 5.41) is 3.53. The van der Waals surface area contributed by atoms with Gasteiger partial charge in [-0.3, -0.25) is 4.90 Å². The van der Waals surface area contributed by atoms with Crippen LogP contribution in [0, 0.1) is 6.92 Å². The van der Waals surface area contributed by atoms with Gasteiger partial charge in [0, 0.05) is 37.1 Å². The molecule has 0 aliphatic carbocycles. The third-order valence-corrected chi connectivity index (χ3v) is 3.70. The molecule has 1 aromatic heterocycles. The summed E-state index contributed by atoms with van der Waals surface area (Å²) in [6, 6.07) is 0.704. The lowest BCUT2D eigenvalue weighted by Crippen LogP contribution is -2.45. The largest absolute Gasteiger partial charge is 0.311 e. The molecule has 0 bridgehead atoms. The van der Waals surface area contributed by atoms with Crippen molar-refractivity contribution in [2.75, 3.05) is 19.6 Å². The molecule has 4 nitrogen and oxygen atoms in total. The molecule has 0 spiro atoms. The van der Waals surface area contributed by atoms with E-state index in [1.165, 1.54) is 37.9 Å². The first kappa shape index (κ1) is 13.4. The van der Waals surface area contributed by atoms with E-state index in [4.69, 9.17) is 0 Å². The van der Waals surface area contributed by atoms with E-state index in [0.717, 1.165) is 18.9 Å². The zero-order chi connectivity index (χ0) is 12.8. The van der Waals surface area contributed by atoms with Crippen molar-refractivity contribution in [3.63, 3.8) is 0 Å². The zero-order valence-electron chi connectivity index (χ0n) is 11.5. The van der Waals surface area contributed by atoms with Crippen LogP contribution in [0.5, 0.6) is 0 Å². The van der Waals surface area contributed by atoms with Gasteiger partial charge >= 0.3 is 0 Å². The average molecular weight is 248 g/mol. The highest BCUT2D eigenvalue weighted by Gasteiger charge is 2.19. The minimum atomic E-state index is 0.704. The lowest BCUT2D eigenvalue weighted by molar-refractivity contribution is 0.153. The van der Waals surface area contributed by atoms with Crippen LogP contribution in [0.25, 0.3) is 0 Å². The SMILES string of the molecule is CCN1CCCC[C@@H]1CNCc1cnc(C)nc1. The van der Waals surface area contributed by atoms with E-state index < -0.39 is 0 Å². The van der Waals surface area contributed by atoms with Gasteiger partial charge in [-0.2, -0.15) is 0 Å². The lowest BCUT2D eigenvalue weighted by atomic mass is 10.0. The highest BCUT2D eigenvalue weighted by molar-refractivity contribution is 5.04. The van der Waals surface area contributed by atoms with Crippen LogP contribution < -0.4 is 5.32 Å². The molecule has 18 heavy (non-hydrogen) atoms. The Kier molecular flexibility index (Phi) is 5.08. The van der Waals surface area contributed by atoms with Crippen molar-refractivity contribution in [3.05, 3.63) is 23.8 Å². The molecular weight excluding hydrogens is 224 g/mol. The monoisotopic (exact) mass is 248 g/mol. The van der Waals surface area contributed by atoms with E-state index in [1.54, 1.807) is 0 Å². The van der Waals surface area contributed by atoms with Crippen molar-refractivity contribution < 1.29 is 0 Å². The van der Waals surface area contributed by atoms with Crippen molar-refractivity contribution >= 4 is 0 Å². The molecular formula is C14H24N4. The van der Waals surface area contributed by atoms with E-state index in [2.05, 4.69) is 27.1 Å². The van der Waals surface area contributed by atoms with Crippen LogP contribution in [-0.4, -0.2) is 40.5 Å². The van der Waals surface area contributed by atoms with Crippen LogP contribution in [0.4, 0.5) is 0 Å². The molecule has 4 heteroatoms. The summed E-state index contributed by atoms with van der Waals surface area (Å²) in [4.78, 5) is 11.0. The zero-order valence-corrected chi connectivity index (χ0v) is 11.5. The standard InChI is InChI=1S/C14H24N4/c1-3-18-7-5-4-6-14(18)11-15-8-13-9-16-12(2)17-10-13/h9-10,14-15H,3-8,11H2,1-2H3/t14-/m1/s1. The fourth-order valence-electron chi connectivity index (χ4n) is 2.60. The summed E-state index contributed by atoms with van der Waals surface area (Å²) in [6.07, 6.45) is 7.87. The van der Waals surface area contributed by atoms with Crippen LogP contribution >= 0.6 is 0 Å². The number of nitrogens with one attached hydrogen (secondary N) is 1. The third-order valence-electron chi connectivity index (χ3n) is 3.70. The summed E-state index contributed by atoms with van der Waals surface area (Å²) >= 11 is 0. The molecule has 1 atom stereocenters. The van der Waals surface area contributed by atoms with Crippen LogP contribution in [0.15, 0.2) is 12.4 Å². The molecule has 1 aliphatic heterocycles. The maximum atomic E-state index is 4.21. The molecule has 1 fully saturated rings. The van der Waals surface area contributed by atoms with Gasteiger partial charge in [0.2, 0.25) is 0 Å². The topological polar surface area (TPSA) is 41.0 Å². The first-order valence-corrected chi connectivity index (χ1v) is 7.02. The van der Waals surface area contributed by atoms with Gasteiger partial charge in [0.05, 0.1) is 0 Å². The molecule has 1 N–H and O–H groups in total. The fraction of sp³-hybridized carbons (Fsp3) is 0.714. The van der Waals surface area contributed by atoms with E-state index in [1.807, 2.05) is 19.3 Å². The van der Waals surface area contributed by atoms with Gasteiger partial charge in [-0.1, -0.05) is 13.3 Å². The first-order chi connectivity index (χ1) is 8.79. The van der Waals surface area contributed by atoms with Gasteiger partial charge < -0.3 is 5.32 Å². The molecule has 100 valence electrons. The van der Waals surface area contributed by atoms with Gasteiger partial charge in [0.25, 0.3) is 0 Å². The van der Waals surface area contributed by atoms with Crippen molar-refractivity contribution in [2.24, 2.45) is 0 Å². The summed E-state index contributed by atoms with van der Waals surface area (Å²) in [7, 11) is 0. The fourth-order valence-corrected chi connectivity index (χ4v) is 2.60. The molecule has 0 saturated carbocycles. The Morgan fingerprint density at radius 3 is 2.83 bits per heavy atom.